The number of aromatic nitrogens is 2. The highest BCUT2D eigenvalue weighted by atomic mass is 79.9. The summed E-state index contributed by atoms with van der Waals surface area (Å²) in [5.74, 6) is 0.694. The molecular weight excluding hydrogens is 242 g/mol. The fraction of sp³-hybridized carbons (Fsp3) is 0. The average molecular weight is 250 g/mol. The molecule has 0 bridgehead atoms. The lowest BCUT2D eigenvalue weighted by molar-refractivity contribution is 1.15. The molecule has 70 valence electrons. The second kappa shape index (κ2) is 3.75. The Hall–Kier alpha value is -1.42. The van der Waals surface area contributed by atoms with Gasteiger partial charge in [-0.3, -0.25) is 0 Å². The summed E-state index contributed by atoms with van der Waals surface area (Å²) in [7, 11) is 0. The van der Waals surface area contributed by atoms with Crippen molar-refractivity contribution in [2.45, 2.75) is 0 Å². The highest BCUT2D eigenvalue weighted by Gasteiger charge is 2.00. The van der Waals surface area contributed by atoms with E-state index in [1.54, 1.807) is 12.3 Å². The summed E-state index contributed by atoms with van der Waals surface area (Å²) in [6.45, 7) is 0. The smallest absolute Gasteiger partial charge is 0.160 e. The molecule has 0 saturated heterocycles. The lowest BCUT2D eigenvalue weighted by atomic mass is 10.2. The molecule has 14 heavy (non-hydrogen) atoms. The van der Waals surface area contributed by atoms with Crippen LogP contribution in [-0.4, -0.2) is 9.97 Å². The Kier molecular flexibility index (Phi) is 2.45. The normalized spacial score (nSPS) is 10.1. The van der Waals surface area contributed by atoms with Gasteiger partial charge in [0.25, 0.3) is 0 Å². The Morgan fingerprint density at radius 1 is 1.07 bits per heavy atom. The van der Waals surface area contributed by atoms with Crippen molar-refractivity contribution in [3.63, 3.8) is 0 Å². The maximum Gasteiger partial charge on any atom is 0.160 e. The number of rotatable bonds is 1. The van der Waals surface area contributed by atoms with Gasteiger partial charge in [-0.2, -0.15) is 0 Å². The van der Waals surface area contributed by atoms with E-state index in [1.807, 2.05) is 24.3 Å². The molecule has 0 amide bonds. The molecule has 0 aliphatic carbocycles. The number of nitrogens with zero attached hydrogens (tertiary/aromatic N) is 2. The molecule has 1 heterocycles. The molecule has 0 aliphatic heterocycles. The highest BCUT2D eigenvalue weighted by molar-refractivity contribution is 9.10. The summed E-state index contributed by atoms with van der Waals surface area (Å²) in [6.07, 6.45) is 1.71. The van der Waals surface area contributed by atoms with Crippen LogP contribution >= 0.6 is 15.9 Å². The number of hydrogen-bond acceptors (Lipinski definition) is 3. The standard InChI is InChI=1S/C10H8BrN3/c11-9-5-6-13-10(14-9)7-1-3-8(12)4-2-7/h1-6H,12H2. The van der Waals surface area contributed by atoms with Gasteiger partial charge in [-0.25, -0.2) is 9.97 Å². The summed E-state index contributed by atoms with van der Waals surface area (Å²) in [4.78, 5) is 8.40. The fourth-order valence-corrected chi connectivity index (χ4v) is 1.39. The van der Waals surface area contributed by atoms with Gasteiger partial charge < -0.3 is 5.73 Å². The van der Waals surface area contributed by atoms with E-state index in [2.05, 4.69) is 25.9 Å². The zero-order chi connectivity index (χ0) is 9.97. The number of nitrogens with two attached hydrogens (primary N) is 1. The average Bonchev–Trinajstić information content (AvgIpc) is 2.19. The second-order valence-electron chi connectivity index (χ2n) is 2.82. The molecule has 2 rings (SSSR count). The van der Waals surface area contributed by atoms with Crippen LogP contribution in [0.2, 0.25) is 0 Å². The Labute approximate surface area is 90.1 Å². The maximum atomic E-state index is 5.58. The third kappa shape index (κ3) is 1.90. The van der Waals surface area contributed by atoms with Crippen LogP contribution in [0.1, 0.15) is 0 Å². The van der Waals surface area contributed by atoms with Gasteiger partial charge in [0.15, 0.2) is 5.82 Å². The van der Waals surface area contributed by atoms with Crippen LogP contribution in [0.5, 0.6) is 0 Å². The molecule has 0 atom stereocenters. The highest BCUT2D eigenvalue weighted by Crippen LogP contribution is 2.17. The molecule has 0 radical (unpaired) electrons. The Bertz CT molecular complexity index is 439. The number of hydrogen-bond donors (Lipinski definition) is 1. The van der Waals surface area contributed by atoms with Crippen LogP contribution < -0.4 is 5.73 Å². The molecule has 0 aliphatic rings. The van der Waals surface area contributed by atoms with E-state index >= 15 is 0 Å². The molecule has 0 fully saturated rings. The minimum atomic E-state index is 0.694. The zero-order valence-corrected chi connectivity index (χ0v) is 8.90. The molecule has 0 unspecified atom stereocenters. The number of halogens is 1. The summed E-state index contributed by atoms with van der Waals surface area (Å²) in [5.41, 5.74) is 7.28. The molecule has 3 nitrogen and oxygen atoms in total. The molecular formula is C10H8BrN3. The first-order valence-corrected chi connectivity index (χ1v) is 4.89. The van der Waals surface area contributed by atoms with E-state index in [0.717, 1.165) is 15.9 Å². The molecule has 4 heteroatoms. The number of benzene rings is 1. The molecule has 0 spiro atoms. The van der Waals surface area contributed by atoms with Crippen molar-refractivity contribution in [2.24, 2.45) is 0 Å². The molecule has 1 aromatic carbocycles. The first-order valence-electron chi connectivity index (χ1n) is 4.10. The van der Waals surface area contributed by atoms with Gasteiger partial charge in [0.05, 0.1) is 0 Å². The lowest BCUT2D eigenvalue weighted by Gasteiger charge is -2.00. The van der Waals surface area contributed by atoms with Crippen molar-refractivity contribution in [1.29, 1.82) is 0 Å². The van der Waals surface area contributed by atoms with Gasteiger partial charge in [-0.15, -0.1) is 0 Å². The van der Waals surface area contributed by atoms with Gasteiger partial charge in [0.1, 0.15) is 4.60 Å². The van der Waals surface area contributed by atoms with Crippen LogP contribution in [0.25, 0.3) is 11.4 Å². The van der Waals surface area contributed by atoms with E-state index in [0.29, 0.717) is 5.82 Å². The Balaban J connectivity index is 2.44. The van der Waals surface area contributed by atoms with Crippen molar-refractivity contribution >= 4 is 21.6 Å². The zero-order valence-electron chi connectivity index (χ0n) is 7.31. The summed E-state index contributed by atoms with van der Waals surface area (Å²) < 4.78 is 0.777. The predicted molar refractivity (Wildman–Crippen MR) is 59.6 cm³/mol. The lowest BCUT2D eigenvalue weighted by Crippen LogP contribution is -1.89. The summed E-state index contributed by atoms with van der Waals surface area (Å²) in [6, 6.07) is 9.26. The van der Waals surface area contributed by atoms with Gasteiger partial charge >= 0.3 is 0 Å². The van der Waals surface area contributed by atoms with Gasteiger partial charge in [0.2, 0.25) is 0 Å². The molecule has 2 aromatic rings. The third-order valence-electron chi connectivity index (χ3n) is 1.79. The first kappa shape index (κ1) is 9.15. The summed E-state index contributed by atoms with van der Waals surface area (Å²) in [5, 5.41) is 0. The van der Waals surface area contributed by atoms with Gasteiger partial charge in [0, 0.05) is 17.4 Å². The topological polar surface area (TPSA) is 51.8 Å². The van der Waals surface area contributed by atoms with Crippen molar-refractivity contribution < 1.29 is 0 Å². The molecule has 2 N–H and O–H groups in total. The van der Waals surface area contributed by atoms with Crippen molar-refractivity contribution in [1.82, 2.24) is 9.97 Å². The van der Waals surface area contributed by atoms with E-state index in [9.17, 15) is 0 Å². The van der Waals surface area contributed by atoms with E-state index in [-0.39, 0.29) is 0 Å². The quantitative estimate of drug-likeness (QED) is 0.624. The third-order valence-corrected chi connectivity index (χ3v) is 2.23. The minimum absolute atomic E-state index is 0.694. The van der Waals surface area contributed by atoms with Crippen molar-refractivity contribution in [2.75, 3.05) is 5.73 Å². The summed E-state index contributed by atoms with van der Waals surface area (Å²) >= 11 is 3.30. The fourth-order valence-electron chi connectivity index (χ4n) is 1.11. The van der Waals surface area contributed by atoms with E-state index < -0.39 is 0 Å². The van der Waals surface area contributed by atoms with Crippen molar-refractivity contribution in [3.05, 3.63) is 41.1 Å². The van der Waals surface area contributed by atoms with Crippen LogP contribution in [0.15, 0.2) is 41.1 Å². The molecule has 0 saturated carbocycles. The van der Waals surface area contributed by atoms with Crippen LogP contribution in [-0.2, 0) is 0 Å². The van der Waals surface area contributed by atoms with E-state index in [4.69, 9.17) is 5.73 Å². The number of anilines is 1. The van der Waals surface area contributed by atoms with Gasteiger partial charge in [-0.05, 0) is 46.3 Å². The Morgan fingerprint density at radius 3 is 2.43 bits per heavy atom. The van der Waals surface area contributed by atoms with Gasteiger partial charge in [-0.1, -0.05) is 0 Å². The monoisotopic (exact) mass is 249 g/mol. The van der Waals surface area contributed by atoms with Crippen LogP contribution in [0, 0.1) is 0 Å². The minimum Gasteiger partial charge on any atom is -0.399 e. The first-order chi connectivity index (χ1) is 6.75. The van der Waals surface area contributed by atoms with Crippen molar-refractivity contribution in [3.8, 4) is 11.4 Å². The number of nitrogen functional groups attached to an aromatic ring is 1. The molecule has 1 aromatic heterocycles. The van der Waals surface area contributed by atoms with Crippen LogP contribution in [0.3, 0.4) is 0 Å². The Morgan fingerprint density at radius 2 is 1.79 bits per heavy atom. The van der Waals surface area contributed by atoms with E-state index in [1.165, 1.54) is 0 Å². The van der Waals surface area contributed by atoms with Crippen LogP contribution in [0.4, 0.5) is 5.69 Å². The second-order valence-corrected chi connectivity index (χ2v) is 3.64. The SMILES string of the molecule is Nc1ccc(-c2nccc(Br)n2)cc1. The predicted octanol–water partition coefficient (Wildman–Crippen LogP) is 2.49. The maximum absolute atomic E-state index is 5.58. The largest absolute Gasteiger partial charge is 0.399 e.